The number of hydrogen-bond donors (Lipinski definition) is 4. The highest BCUT2D eigenvalue weighted by Gasteiger charge is 2.35. The largest absolute Gasteiger partial charge is 0.478 e. The first kappa shape index (κ1) is 19.5. The minimum Gasteiger partial charge on any atom is -0.478 e. The fourth-order valence-electron chi connectivity index (χ4n) is 2.49. The van der Waals surface area contributed by atoms with E-state index in [-0.39, 0.29) is 0 Å². The first-order valence-corrected chi connectivity index (χ1v) is 6.90. The van der Waals surface area contributed by atoms with E-state index in [9.17, 15) is 38.0 Å². The van der Waals surface area contributed by atoms with Crippen LogP contribution in [0.4, 0.5) is 30.2 Å². The molecule has 0 aliphatic carbocycles. The van der Waals surface area contributed by atoms with Gasteiger partial charge in [-0.1, -0.05) is 0 Å². The van der Waals surface area contributed by atoms with Gasteiger partial charge < -0.3 is 21.7 Å². The molecule has 9 nitrogen and oxygen atoms in total. The van der Waals surface area contributed by atoms with E-state index in [4.69, 9.17) is 16.6 Å². The molecule has 0 amide bonds. The summed E-state index contributed by atoms with van der Waals surface area (Å²) in [5.41, 5.74) is 4.09. The minimum absolute atomic E-state index is 0.324. The molecular weight excluding hydrogens is 375 g/mol. The van der Waals surface area contributed by atoms with Gasteiger partial charge in [0, 0.05) is 17.3 Å². The Labute approximate surface area is 147 Å². The number of carbonyl (C=O) groups is 2. The molecular formula is C15H10F3N3O6. The maximum Gasteiger partial charge on any atom is 0.416 e. The summed E-state index contributed by atoms with van der Waals surface area (Å²) in [6, 6.07) is 2.17. The van der Waals surface area contributed by atoms with Crippen LogP contribution in [0.25, 0.3) is 11.1 Å². The predicted octanol–water partition coefficient (Wildman–Crippen LogP) is 2.84. The molecule has 0 unspecified atom stereocenters. The van der Waals surface area contributed by atoms with E-state index in [1.807, 2.05) is 0 Å². The zero-order chi connectivity index (χ0) is 20.7. The van der Waals surface area contributed by atoms with Gasteiger partial charge >= 0.3 is 18.1 Å². The van der Waals surface area contributed by atoms with Crippen LogP contribution < -0.4 is 11.5 Å². The van der Waals surface area contributed by atoms with Crippen molar-refractivity contribution in [2.24, 2.45) is 0 Å². The lowest BCUT2D eigenvalue weighted by molar-refractivity contribution is -0.384. The van der Waals surface area contributed by atoms with E-state index in [1.54, 1.807) is 0 Å². The number of nitrogen functional groups attached to an aromatic ring is 2. The summed E-state index contributed by atoms with van der Waals surface area (Å²) in [5.74, 6) is -3.38. The molecule has 0 atom stereocenters. The molecule has 6 N–H and O–H groups in total. The van der Waals surface area contributed by atoms with Crippen LogP contribution in [-0.4, -0.2) is 27.1 Å². The van der Waals surface area contributed by atoms with Crippen LogP contribution in [0.3, 0.4) is 0 Å². The van der Waals surface area contributed by atoms with Crippen molar-refractivity contribution in [3.05, 3.63) is 51.1 Å². The molecule has 0 aromatic heterocycles. The highest BCUT2D eigenvalue weighted by molar-refractivity contribution is 6.07. The molecule has 0 bridgehead atoms. The Morgan fingerprint density at radius 2 is 1.67 bits per heavy atom. The van der Waals surface area contributed by atoms with Crippen molar-refractivity contribution >= 4 is 29.0 Å². The van der Waals surface area contributed by atoms with E-state index < -0.39 is 67.9 Å². The average molecular weight is 385 g/mol. The molecule has 27 heavy (non-hydrogen) atoms. The summed E-state index contributed by atoms with van der Waals surface area (Å²) >= 11 is 0. The number of nitro groups is 1. The number of anilines is 2. The number of nitrogens with two attached hydrogens (primary N) is 2. The highest BCUT2D eigenvalue weighted by atomic mass is 19.4. The molecule has 0 saturated heterocycles. The number of halogens is 3. The van der Waals surface area contributed by atoms with E-state index in [2.05, 4.69) is 0 Å². The lowest BCUT2D eigenvalue weighted by Gasteiger charge is -2.16. The van der Waals surface area contributed by atoms with Crippen LogP contribution in [0.2, 0.25) is 0 Å². The molecule has 142 valence electrons. The first-order chi connectivity index (χ1) is 12.4. The predicted molar refractivity (Wildman–Crippen MR) is 86.3 cm³/mol. The second-order valence-electron chi connectivity index (χ2n) is 5.27. The lowest BCUT2D eigenvalue weighted by Crippen LogP contribution is -2.13. The molecule has 12 heteroatoms. The number of carboxylic acids is 2. The quantitative estimate of drug-likeness (QED) is 0.353. The van der Waals surface area contributed by atoms with Crippen molar-refractivity contribution in [2.75, 3.05) is 11.5 Å². The number of carboxylic acid groups (broad SMARTS) is 2. The topological polar surface area (TPSA) is 170 Å². The molecule has 2 rings (SSSR count). The van der Waals surface area contributed by atoms with Crippen molar-refractivity contribution < 1.29 is 37.9 Å². The summed E-state index contributed by atoms with van der Waals surface area (Å²) in [5, 5.41) is 29.7. The van der Waals surface area contributed by atoms with Gasteiger partial charge in [0.25, 0.3) is 5.69 Å². The second kappa shape index (κ2) is 6.48. The van der Waals surface area contributed by atoms with Gasteiger partial charge in [0.2, 0.25) is 0 Å². The zero-order valence-corrected chi connectivity index (χ0v) is 13.1. The number of aromatic carboxylic acids is 2. The maximum atomic E-state index is 13.1. The lowest BCUT2D eigenvalue weighted by atomic mass is 9.91. The summed E-state index contributed by atoms with van der Waals surface area (Å²) in [7, 11) is 0. The van der Waals surface area contributed by atoms with E-state index in [1.165, 1.54) is 0 Å². The van der Waals surface area contributed by atoms with Crippen molar-refractivity contribution in [1.82, 2.24) is 0 Å². The molecule has 0 radical (unpaired) electrons. The Kier molecular flexibility index (Phi) is 4.68. The Bertz CT molecular complexity index is 988. The zero-order valence-electron chi connectivity index (χ0n) is 13.1. The number of nitro benzene ring substituents is 1. The number of benzene rings is 2. The number of rotatable bonds is 4. The van der Waals surface area contributed by atoms with Gasteiger partial charge in [-0.25, -0.2) is 9.59 Å². The van der Waals surface area contributed by atoms with Crippen LogP contribution in [-0.2, 0) is 6.18 Å². The fraction of sp³-hybridized carbons (Fsp3) is 0.0667. The molecule has 2 aromatic rings. The summed E-state index contributed by atoms with van der Waals surface area (Å²) < 4.78 is 39.3. The molecule has 0 aliphatic heterocycles. The second-order valence-corrected chi connectivity index (χ2v) is 5.27. The van der Waals surface area contributed by atoms with Crippen molar-refractivity contribution in [3.63, 3.8) is 0 Å². The molecule has 0 spiro atoms. The fourth-order valence-corrected chi connectivity index (χ4v) is 2.49. The highest BCUT2D eigenvalue weighted by Crippen LogP contribution is 2.43. The Morgan fingerprint density at radius 3 is 2.11 bits per heavy atom. The van der Waals surface area contributed by atoms with Crippen molar-refractivity contribution in [3.8, 4) is 11.1 Å². The third-order valence-electron chi connectivity index (χ3n) is 3.63. The van der Waals surface area contributed by atoms with Crippen LogP contribution in [0, 0.1) is 10.1 Å². The Hall–Kier alpha value is -3.83. The normalized spacial score (nSPS) is 11.2. The van der Waals surface area contributed by atoms with Gasteiger partial charge in [-0.05, 0) is 18.2 Å². The smallest absolute Gasteiger partial charge is 0.416 e. The molecule has 2 aromatic carbocycles. The van der Waals surface area contributed by atoms with Gasteiger partial charge in [0.05, 0.1) is 32.9 Å². The molecule has 0 saturated carbocycles. The Morgan fingerprint density at radius 1 is 1.07 bits per heavy atom. The van der Waals surface area contributed by atoms with Crippen LogP contribution in [0.5, 0.6) is 0 Å². The Balaban J connectivity index is 3.06. The van der Waals surface area contributed by atoms with Crippen LogP contribution >= 0.6 is 0 Å². The van der Waals surface area contributed by atoms with E-state index >= 15 is 0 Å². The van der Waals surface area contributed by atoms with E-state index in [0.717, 1.165) is 6.07 Å². The van der Waals surface area contributed by atoms with Crippen LogP contribution in [0.1, 0.15) is 26.3 Å². The van der Waals surface area contributed by atoms with Gasteiger partial charge in [-0.15, -0.1) is 0 Å². The van der Waals surface area contributed by atoms with Gasteiger partial charge in [-0.2, -0.15) is 13.2 Å². The summed E-state index contributed by atoms with van der Waals surface area (Å²) in [6.45, 7) is 0. The summed E-state index contributed by atoms with van der Waals surface area (Å²) in [6.07, 6.45) is -4.95. The van der Waals surface area contributed by atoms with Crippen LogP contribution in [0.15, 0.2) is 24.3 Å². The number of hydrogen-bond acceptors (Lipinski definition) is 6. The average Bonchev–Trinajstić information content (AvgIpc) is 2.51. The van der Waals surface area contributed by atoms with Gasteiger partial charge in [-0.3, -0.25) is 10.1 Å². The van der Waals surface area contributed by atoms with Gasteiger partial charge in [0.1, 0.15) is 0 Å². The molecule has 0 heterocycles. The standard InChI is InChI=1S/C15H10F3N3O6/c16-15(17,18)5-3-7(10(14(24)25)8(19)4-5)11-9(21(26)27)2-1-6(12(11)20)13(22)23/h1-4H,19-20H2,(H,22,23)(H,24,25). The number of alkyl halides is 3. The SMILES string of the molecule is Nc1cc(C(F)(F)F)cc(-c2c([N+](=O)[O-])ccc(C(=O)O)c2N)c1C(=O)O. The monoisotopic (exact) mass is 385 g/mol. The van der Waals surface area contributed by atoms with Gasteiger partial charge in [0.15, 0.2) is 0 Å². The van der Waals surface area contributed by atoms with Crippen molar-refractivity contribution in [2.45, 2.75) is 6.18 Å². The van der Waals surface area contributed by atoms with Crippen molar-refractivity contribution in [1.29, 1.82) is 0 Å². The third-order valence-corrected chi connectivity index (χ3v) is 3.63. The maximum absolute atomic E-state index is 13.1. The molecule has 0 aliphatic rings. The van der Waals surface area contributed by atoms with E-state index in [0.29, 0.717) is 18.2 Å². The summed E-state index contributed by atoms with van der Waals surface area (Å²) in [4.78, 5) is 33.0. The molecule has 0 fully saturated rings. The third kappa shape index (κ3) is 3.44. The first-order valence-electron chi connectivity index (χ1n) is 6.90. The minimum atomic E-state index is -4.95. The number of nitrogens with zero attached hydrogens (tertiary/aromatic N) is 1.